The largest absolute Gasteiger partial charge is 0.441 e. The van der Waals surface area contributed by atoms with Crippen molar-refractivity contribution in [2.45, 2.75) is 33.6 Å². The zero-order valence-corrected chi connectivity index (χ0v) is 13.9. The predicted octanol–water partition coefficient (Wildman–Crippen LogP) is 3.69. The van der Waals surface area contributed by atoms with Crippen LogP contribution in [0.5, 0.6) is 0 Å². The molecule has 3 aromatic rings. The molecule has 0 saturated heterocycles. The minimum Gasteiger partial charge on any atom is -0.441 e. The van der Waals surface area contributed by atoms with Crippen molar-refractivity contribution in [3.63, 3.8) is 0 Å². The van der Waals surface area contributed by atoms with Crippen LogP contribution in [0.3, 0.4) is 0 Å². The highest BCUT2D eigenvalue weighted by molar-refractivity contribution is 5.91. The first-order valence-corrected chi connectivity index (χ1v) is 7.84. The number of nitrogens with one attached hydrogen (secondary N) is 1. The third-order valence-corrected chi connectivity index (χ3v) is 3.73. The van der Waals surface area contributed by atoms with Gasteiger partial charge >= 0.3 is 0 Å². The Kier molecular flexibility index (Phi) is 4.46. The maximum Gasteiger partial charge on any atom is 0.231 e. The number of amides is 1. The maximum absolute atomic E-state index is 12.1. The van der Waals surface area contributed by atoms with E-state index in [0.29, 0.717) is 28.9 Å². The van der Waals surface area contributed by atoms with Gasteiger partial charge < -0.3 is 14.3 Å². The number of anilines is 1. The van der Waals surface area contributed by atoms with Crippen LogP contribution in [-0.4, -0.2) is 16.0 Å². The first-order valence-electron chi connectivity index (χ1n) is 7.84. The summed E-state index contributed by atoms with van der Waals surface area (Å²) in [7, 11) is 0. The van der Waals surface area contributed by atoms with Gasteiger partial charge in [0.05, 0.1) is 12.1 Å². The Morgan fingerprint density at radius 3 is 2.58 bits per heavy atom. The summed E-state index contributed by atoms with van der Waals surface area (Å²) in [4.78, 5) is 16.5. The van der Waals surface area contributed by atoms with Gasteiger partial charge in [-0.3, -0.25) is 4.79 Å². The lowest BCUT2D eigenvalue weighted by Crippen LogP contribution is -2.15. The van der Waals surface area contributed by atoms with Crippen molar-refractivity contribution in [3.05, 3.63) is 53.1 Å². The van der Waals surface area contributed by atoms with E-state index in [4.69, 9.17) is 8.94 Å². The summed E-state index contributed by atoms with van der Waals surface area (Å²) in [5.41, 5.74) is 2.76. The average Bonchev–Trinajstić information content (AvgIpc) is 3.13. The highest BCUT2D eigenvalue weighted by Gasteiger charge is 2.15. The van der Waals surface area contributed by atoms with Crippen molar-refractivity contribution in [1.29, 1.82) is 0 Å². The van der Waals surface area contributed by atoms with Crippen LogP contribution in [-0.2, 0) is 17.6 Å². The van der Waals surface area contributed by atoms with E-state index in [1.165, 1.54) is 5.56 Å². The molecule has 2 heterocycles. The maximum atomic E-state index is 12.1. The Morgan fingerprint density at radius 2 is 1.96 bits per heavy atom. The van der Waals surface area contributed by atoms with Crippen LogP contribution in [0.25, 0.3) is 11.5 Å². The highest BCUT2D eigenvalue weighted by atomic mass is 16.5. The SMILES string of the molecule is CCc1ccc(-c2nc(CC(=O)Nc3cc(C)on3)c(C)o2)cc1. The highest BCUT2D eigenvalue weighted by Crippen LogP contribution is 2.23. The van der Waals surface area contributed by atoms with Crippen molar-refractivity contribution >= 4 is 11.7 Å². The topological polar surface area (TPSA) is 81.2 Å². The van der Waals surface area contributed by atoms with E-state index in [-0.39, 0.29) is 12.3 Å². The minimum atomic E-state index is -0.215. The smallest absolute Gasteiger partial charge is 0.231 e. The van der Waals surface area contributed by atoms with E-state index < -0.39 is 0 Å². The number of carbonyl (C=O) groups is 1. The van der Waals surface area contributed by atoms with Crippen molar-refractivity contribution in [2.24, 2.45) is 0 Å². The molecule has 2 aromatic heterocycles. The molecule has 0 radical (unpaired) electrons. The Hall–Kier alpha value is -2.89. The van der Waals surface area contributed by atoms with E-state index in [1.807, 2.05) is 24.3 Å². The van der Waals surface area contributed by atoms with Gasteiger partial charge in [0.1, 0.15) is 11.5 Å². The molecule has 6 heteroatoms. The molecule has 0 unspecified atom stereocenters. The van der Waals surface area contributed by atoms with E-state index in [9.17, 15) is 4.79 Å². The van der Waals surface area contributed by atoms with Crippen molar-refractivity contribution < 1.29 is 13.7 Å². The molecular formula is C18H19N3O3. The first kappa shape index (κ1) is 16.0. The second kappa shape index (κ2) is 6.70. The summed E-state index contributed by atoms with van der Waals surface area (Å²) in [6.07, 6.45) is 1.10. The summed E-state index contributed by atoms with van der Waals surface area (Å²) < 4.78 is 10.6. The zero-order chi connectivity index (χ0) is 17.1. The lowest BCUT2D eigenvalue weighted by Gasteiger charge is -1.99. The Labute approximate surface area is 139 Å². The van der Waals surface area contributed by atoms with Crippen LogP contribution in [0, 0.1) is 13.8 Å². The van der Waals surface area contributed by atoms with Crippen LogP contribution in [0.1, 0.15) is 29.7 Å². The molecule has 6 nitrogen and oxygen atoms in total. The lowest BCUT2D eigenvalue weighted by atomic mass is 10.1. The van der Waals surface area contributed by atoms with E-state index in [0.717, 1.165) is 12.0 Å². The first-order chi connectivity index (χ1) is 11.5. The Bertz CT molecular complexity index is 847. The molecule has 0 aliphatic rings. The lowest BCUT2D eigenvalue weighted by molar-refractivity contribution is -0.115. The van der Waals surface area contributed by atoms with Crippen LogP contribution in [0.15, 0.2) is 39.3 Å². The molecule has 0 bridgehead atoms. The molecule has 0 spiro atoms. The Morgan fingerprint density at radius 1 is 1.21 bits per heavy atom. The summed E-state index contributed by atoms with van der Waals surface area (Å²) in [5.74, 6) is 1.98. The third-order valence-electron chi connectivity index (χ3n) is 3.73. The second-order valence-corrected chi connectivity index (χ2v) is 5.62. The van der Waals surface area contributed by atoms with Crippen LogP contribution in [0.2, 0.25) is 0 Å². The molecule has 1 N–H and O–H groups in total. The van der Waals surface area contributed by atoms with E-state index >= 15 is 0 Å². The zero-order valence-electron chi connectivity index (χ0n) is 13.9. The van der Waals surface area contributed by atoms with Gasteiger partial charge in [-0.2, -0.15) is 0 Å². The van der Waals surface area contributed by atoms with Crippen molar-refractivity contribution in [1.82, 2.24) is 10.1 Å². The Balaban J connectivity index is 1.72. The number of oxazole rings is 1. The molecule has 0 aliphatic carbocycles. The molecule has 0 atom stereocenters. The number of carbonyl (C=O) groups excluding carboxylic acids is 1. The van der Waals surface area contributed by atoms with Gasteiger partial charge in [-0.1, -0.05) is 24.2 Å². The van der Waals surface area contributed by atoms with Gasteiger partial charge in [-0.25, -0.2) is 4.98 Å². The quantitative estimate of drug-likeness (QED) is 0.773. The molecule has 1 amide bonds. The molecule has 124 valence electrons. The van der Waals surface area contributed by atoms with E-state index in [2.05, 4.69) is 22.4 Å². The average molecular weight is 325 g/mol. The van der Waals surface area contributed by atoms with Crippen LogP contribution in [0.4, 0.5) is 5.82 Å². The number of benzene rings is 1. The minimum absolute atomic E-state index is 0.119. The summed E-state index contributed by atoms with van der Waals surface area (Å²) >= 11 is 0. The van der Waals surface area contributed by atoms with Crippen molar-refractivity contribution in [2.75, 3.05) is 5.32 Å². The van der Waals surface area contributed by atoms with Crippen LogP contribution < -0.4 is 5.32 Å². The second-order valence-electron chi connectivity index (χ2n) is 5.62. The summed E-state index contributed by atoms with van der Waals surface area (Å²) in [6, 6.07) is 9.72. The fraction of sp³-hybridized carbons (Fsp3) is 0.278. The standard InChI is InChI=1S/C18H19N3O3/c1-4-13-5-7-14(8-6-13)18-19-15(12(3)23-18)10-17(22)20-16-9-11(2)24-21-16/h5-9H,4,10H2,1-3H3,(H,20,21,22). The fourth-order valence-electron chi connectivity index (χ4n) is 2.36. The molecule has 3 rings (SSSR count). The fourth-order valence-corrected chi connectivity index (χ4v) is 2.36. The number of hydrogen-bond donors (Lipinski definition) is 1. The van der Waals surface area contributed by atoms with E-state index in [1.54, 1.807) is 19.9 Å². The number of aryl methyl sites for hydroxylation is 3. The van der Waals surface area contributed by atoms with Crippen LogP contribution >= 0.6 is 0 Å². The molecule has 24 heavy (non-hydrogen) atoms. The number of rotatable bonds is 5. The van der Waals surface area contributed by atoms with Gasteiger partial charge in [0.2, 0.25) is 11.8 Å². The third kappa shape index (κ3) is 3.53. The molecular weight excluding hydrogens is 306 g/mol. The summed E-state index contributed by atoms with van der Waals surface area (Å²) in [6.45, 7) is 5.68. The van der Waals surface area contributed by atoms with Gasteiger partial charge in [-0.15, -0.1) is 0 Å². The van der Waals surface area contributed by atoms with Gasteiger partial charge in [0, 0.05) is 11.6 Å². The summed E-state index contributed by atoms with van der Waals surface area (Å²) in [5, 5.41) is 6.42. The number of hydrogen-bond acceptors (Lipinski definition) is 5. The molecule has 0 saturated carbocycles. The van der Waals surface area contributed by atoms with Crippen molar-refractivity contribution in [3.8, 4) is 11.5 Å². The van der Waals surface area contributed by atoms with Gasteiger partial charge in [0.25, 0.3) is 0 Å². The molecule has 0 fully saturated rings. The van der Waals surface area contributed by atoms with Gasteiger partial charge in [0.15, 0.2) is 5.82 Å². The number of aromatic nitrogens is 2. The predicted molar refractivity (Wildman–Crippen MR) is 89.6 cm³/mol. The normalized spacial score (nSPS) is 10.8. The molecule has 1 aromatic carbocycles. The molecule has 0 aliphatic heterocycles. The number of nitrogens with zero attached hydrogens (tertiary/aromatic N) is 2. The van der Waals surface area contributed by atoms with Gasteiger partial charge in [-0.05, 0) is 38.0 Å². The monoisotopic (exact) mass is 325 g/mol.